The van der Waals surface area contributed by atoms with Gasteiger partial charge in [-0.3, -0.25) is 19.6 Å². The zero-order valence-electron chi connectivity index (χ0n) is 13.5. The lowest BCUT2D eigenvalue weighted by Crippen LogP contribution is -2.13. The second-order valence-electron chi connectivity index (χ2n) is 5.58. The van der Waals surface area contributed by atoms with E-state index in [1.807, 2.05) is 31.2 Å². The van der Waals surface area contributed by atoms with Crippen LogP contribution in [-0.4, -0.2) is 20.6 Å². The van der Waals surface area contributed by atoms with Gasteiger partial charge in [0.25, 0.3) is 11.6 Å². The van der Waals surface area contributed by atoms with Gasteiger partial charge in [0.2, 0.25) is 0 Å². The van der Waals surface area contributed by atoms with E-state index in [1.54, 1.807) is 16.9 Å². The summed E-state index contributed by atoms with van der Waals surface area (Å²) in [6, 6.07) is 13.8. The van der Waals surface area contributed by atoms with Crippen molar-refractivity contribution in [3.63, 3.8) is 0 Å². The van der Waals surface area contributed by atoms with Crippen LogP contribution in [0, 0.1) is 17.0 Å². The van der Waals surface area contributed by atoms with Gasteiger partial charge in [0, 0.05) is 12.3 Å². The number of nitrogens with one attached hydrogen (secondary N) is 1. The molecule has 0 fully saturated rings. The summed E-state index contributed by atoms with van der Waals surface area (Å²) in [5.74, 6) is -0.539. The molecule has 7 nitrogen and oxygen atoms in total. The van der Waals surface area contributed by atoms with Crippen LogP contribution < -0.4 is 5.32 Å². The standard InChI is InChI=1S/C18H16N4O3/c1-13-6-2-3-7-14(13)11-21-12-15(10-19-21)20-18(23)16-8-4-5-9-17(16)22(24)25/h2-10,12H,11H2,1H3,(H,20,23). The van der Waals surface area contributed by atoms with Gasteiger partial charge in [0.15, 0.2) is 0 Å². The molecular weight excluding hydrogens is 320 g/mol. The summed E-state index contributed by atoms with van der Waals surface area (Å²) in [6.07, 6.45) is 3.21. The van der Waals surface area contributed by atoms with Gasteiger partial charge in [-0.1, -0.05) is 36.4 Å². The van der Waals surface area contributed by atoms with Crippen molar-refractivity contribution >= 4 is 17.3 Å². The van der Waals surface area contributed by atoms with Crippen molar-refractivity contribution in [2.75, 3.05) is 5.32 Å². The van der Waals surface area contributed by atoms with Crippen LogP contribution in [0.4, 0.5) is 11.4 Å². The molecular formula is C18H16N4O3. The van der Waals surface area contributed by atoms with E-state index in [4.69, 9.17) is 0 Å². The summed E-state index contributed by atoms with van der Waals surface area (Å²) in [5.41, 5.74) is 2.55. The lowest BCUT2D eigenvalue weighted by Gasteiger charge is -2.05. The first-order chi connectivity index (χ1) is 12.0. The Bertz CT molecular complexity index is 933. The van der Waals surface area contributed by atoms with Gasteiger partial charge in [0.1, 0.15) is 5.56 Å². The van der Waals surface area contributed by atoms with Crippen molar-refractivity contribution in [2.45, 2.75) is 13.5 Å². The summed E-state index contributed by atoms with van der Waals surface area (Å²) in [7, 11) is 0. The molecule has 0 radical (unpaired) electrons. The van der Waals surface area contributed by atoms with Gasteiger partial charge >= 0.3 is 0 Å². The summed E-state index contributed by atoms with van der Waals surface area (Å²) in [6.45, 7) is 2.60. The highest BCUT2D eigenvalue weighted by atomic mass is 16.6. The third-order valence-electron chi connectivity index (χ3n) is 3.83. The van der Waals surface area contributed by atoms with Crippen LogP contribution in [0.2, 0.25) is 0 Å². The van der Waals surface area contributed by atoms with Gasteiger partial charge < -0.3 is 5.32 Å². The van der Waals surface area contributed by atoms with Crippen LogP contribution in [0.3, 0.4) is 0 Å². The molecule has 2 aromatic carbocycles. The molecule has 0 aliphatic rings. The molecule has 126 valence electrons. The van der Waals surface area contributed by atoms with Gasteiger partial charge in [-0.05, 0) is 24.1 Å². The summed E-state index contributed by atoms with van der Waals surface area (Å²) in [5, 5.41) is 17.9. The Morgan fingerprint density at radius 2 is 1.92 bits per heavy atom. The van der Waals surface area contributed by atoms with Crippen LogP contribution >= 0.6 is 0 Å². The quantitative estimate of drug-likeness (QED) is 0.571. The zero-order valence-corrected chi connectivity index (χ0v) is 13.5. The number of anilines is 1. The molecule has 0 unspecified atom stereocenters. The van der Waals surface area contributed by atoms with Gasteiger partial charge in [0.05, 0.1) is 23.4 Å². The molecule has 1 N–H and O–H groups in total. The highest BCUT2D eigenvalue weighted by Crippen LogP contribution is 2.19. The SMILES string of the molecule is Cc1ccccc1Cn1cc(NC(=O)c2ccccc2[N+](=O)[O-])cn1. The minimum Gasteiger partial charge on any atom is -0.319 e. The normalized spacial score (nSPS) is 10.4. The number of carbonyl (C=O) groups excluding carboxylic acids is 1. The molecule has 1 heterocycles. The van der Waals surface area contributed by atoms with Crippen molar-refractivity contribution in [1.82, 2.24) is 9.78 Å². The van der Waals surface area contributed by atoms with E-state index in [2.05, 4.69) is 10.4 Å². The number of para-hydroxylation sites is 1. The summed E-state index contributed by atoms with van der Waals surface area (Å²) in [4.78, 5) is 22.8. The molecule has 25 heavy (non-hydrogen) atoms. The Morgan fingerprint density at radius 3 is 2.68 bits per heavy atom. The predicted octanol–water partition coefficient (Wildman–Crippen LogP) is 3.40. The van der Waals surface area contributed by atoms with E-state index < -0.39 is 10.8 Å². The van der Waals surface area contributed by atoms with Crippen molar-refractivity contribution in [3.8, 4) is 0 Å². The Morgan fingerprint density at radius 1 is 1.20 bits per heavy atom. The second kappa shape index (κ2) is 6.96. The number of carbonyl (C=O) groups is 1. The van der Waals surface area contributed by atoms with Gasteiger partial charge in [-0.15, -0.1) is 0 Å². The maximum atomic E-state index is 12.3. The fourth-order valence-corrected chi connectivity index (χ4v) is 2.50. The van der Waals surface area contributed by atoms with E-state index in [9.17, 15) is 14.9 Å². The lowest BCUT2D eigenvalue weighted by atomic mass is 10.1. The first-order valence-electron chi connectivity index (χ1n) is 7.66. The highest BCUT2D eigenvalue weighted by molar-refractivity contribution is 6.06. The van der Waals surface area contributed by atoms with E-state index >= 15 is 0 Å². The maximum absolute atomic E-state index is 12.3. The molecule has 1 amide bonds. The van der Waals surface area contributed by atoms with Crippen molar-refractivity contribution in [3.05, 3.63) is 87.7 Å². The van der Waals surface area contributed by atoms with E-state index in [-0.39, 0.29) is 11.3 Å². The number of hydrogen-bond acceptors (Lipinski definition) is 4. The fourth-order valence-electron chi connectivity index (χ4n) is 2.50. The third-order valence-corrected chi connectivity index (χ3v) is 3.83. The van der Waals surface area contributed by atoms with E-state index in [0.717, 1.165) is 11.1 Å². The number of nitrogens with zero attached hydrogens (tertiary/aromatic N) is 3. The molecule has 0 aliphatic heterocycles. The maximum Gasteiger partial charge on any atom is 0.282 e. The molecule has 0 spiro atoms. The zero-order chi connectivity index (χ0) is 17.8. The van der Waals surface area contributed by atoms with Crippen LogP contribution in [-0.2, 0) is 6.54 Å². The molecule has 0 bridgehead atoms. The number of nitro benzene ring substituents is 1. The minimum absolute atomic E-state index is 0.0131. The Balaban J connectivity index is 1.75. The largest absolute Gasteiger partial charge is 0.319 e. The monoisotopic (exact) mass is 336 g/mol. The van der Waals surface area contributed by atoms with Crippen LogP contribution in [0.25, 0.3) is 0 Å². The smallest absolute Gasteiger partial charge is 0.282 e. The van der Waals surface area contributed by atoms with Crippen molar-refractivity contribution in [2.24, 2.45) is 0 Å². The minimum atomic E-state index is -0.573. The molecule has 3 aromatic rings. The number of nitro groups is 1. The van der Waals surface area contributed by atoms with Crippen LogP contribution in [0.5, 0.6) is 0 Å². The van der Waals surface area contributed by atoms with Crippen LogP contribution in [0.1, 0.15) is 21.5 Å². The number of hydrogen-bond donors (Lipinski definition) is 1. The number of rotatable bonds is 5. The lowest BCUT2D eigenvalue weighted by molar-refractivity contribution is -0.385. The number of amides is 1. The highest BCUT2D eigenvalue weighted by Gasteiger charge is 2.19. The number of aryl methyl sites for hydroxylation is 1. The molecule has 0 atom stereocenters. The number of benzene rings is 2. The van der Waals surface area contributed by atoms with Gasteiger partial charge in [-0.25, -0.2) is 0 Å². The van der Waals surface area contributed by atoms with Crippen LogP contribution in [0.15, 0.2) is 60.9 Å². The third kappa shape index (κ3) is 3.72. The molecule has 3 rings (SSSR count). The van der Waals surface area contributed by atoms with Gasteiger partial charge in [-0.2, -0.15) is 5.10 Å². The predicted molar refractivity (Wildman–Crippen MR) is 93.6 cm³/mol. The fraction of sp³-hybridized carbons (Fsp3) is 0.111. The first kappa shape index (κ1) is 16.4. The molecule has 0 saturated heterocycles. The number of aromatic nitrogens is 2. The summed E-state index contributed by atoms with van der Waals surface area (Å²) >= 11 is 0. The van der Waals surface area contributed by atoms with Crippen molar-refractivity contribution in [1.29, 1.82) is 0 Å². The Kier molecular flexibility index (Phi) is 4.56. The molecule has 7 heteroatoms. The van der Waals surface area contributed by atoms with Crippen molar-refractivity contribution < 1.29 is 9.72 Å². The molecule has 1 aromatic heterocycles. The molecule has 0 saturated carbocycles. The van der Waals surface area contributed by atoms with E-state index in [0.29, 0.717) is 12.2 Å². The average molecular weight is 336 g/mol. The topological polar surface area (TPSA) is 90.1 Å². The first-order valence-corrected chi connectivity index (χ1v) is 7.66. The van der Waals surface area contributed by atoms with E-state index in [1.165, 1.54) is 24.4 Å². The second-order valence-corrected chi connectivity index (χ2v) is 5.58. The Labute approximate surface area is 144 Å². The molecule has 0 aliphatic carbocycles. The summed E-state index contributed by atoms with van der Waals surface area (Å²) < 4.78 is 1.71. The average Bonchev–Trinajstić information content (AvgIpc) is 3.04. The Hall–Kier alpha value is -3.48.